The van der Waals surface area contributed by atoms with Gasteiger partial charge in [-0.25, -0.2) is 4.39 Å². The highest BCUT2D eigenvalue weighted by molar-refractivity contribution is 6.30. The molecule has 1 nitrogen and oxygen atoms in total. The van der Waals surface area contributed by atoms with E-state index in [4.69, 9.17) is 11.6 Å². The Kier molecular flexibility index (Phi) is 3.29. The van der Waals surface area contributed by atoms with Gasteiger partial charge in [-0.3, -0.25) is 0 Å². The van der Waals surface area contributed by atoms with E-state index in [0.29, 0.717) is 5.02 Å². The lowest BCUT2D eigenvalue weighted by molar-refractivity contribution is 0.295. The minimum atomic E-state index is -0.270. The second kappa shape index (κ2) is 4.95. The van der Waals surface area contributed by atoms with Gasteiger partial charge in [0.05, 0.1) is 0 Å². The third-order valence-corrected chi connectivity index (χ3v) is 3.87. The average molecular weight is 276 g/mol. The third-order valence-electron chi connectivity index (χ3n) is 3.65. The summed E-state index contributed by atoms with van der Waals surface area (Å²) in [5.74, 6) is -0.0867. The lowest BCUT2D eigenvalue weighted by Gasteiger charge is -2.32. The fourth-order valence-corrected chi connectivity index (χ4v) is 3.08. The molecule has 0 aromatic heterocycles. The van der Waals surface area contributed by atoms with E-state index in [-0.39, 0.29) is 11.7 Å². The lowest BCUT2D eigenvalue weighted by Crippen LogP contribution is -2.30. The van der Waals surface area contributed by atoms with E-state index in [9.17, 15) is 4.39 Å². The number of rotatable bonds is 1. The van der Waals surface area contributed by atoms with Crippen LogP contribution in [0.5, 0.6) is 0 Å². The van der Waals surface area contributed by atoms with Gasteiger partial charge in [0.1, 0.15) is 5.82 Å². The van der Waals surface area contributed by atoms with Crippen molar-refractivity contribution in [2.75, 3.05) is 13.6 Å². The molecule has 2 aromatic carbocycles. The summed E-state index contributed by atoms with van der Waals surface area (Å²) in [6, 6.07) is 13.2. The van der Waals surface area contributed by atoms with Crippen LogP contribution in [0.25, 0.3) is 0 Å². The molecule has 3 heteroatoms. The number of hydrogen-bond donors (Lipinski definition) is 0. The van der Waals surface area contributed by atoms with Crippen molar-refractivity contribution in [1.29, 1.82) is 0 Å². The predicted molar refractivity (Wildman–Crippen MR) is 76.0 cm³/mol. The normalized spacial score (nSPS) is 19.2. The molecular weight excluding hydrogens is 261 g/mol. The first-order chi connectivity index (χ1) is 9.13. The predicted octanol–water partition coefficient (Wildman–Crippen LogP) is 4.06. The molecule has 0 fully saturated rings. The number of benzene rings is 2. The molecule has 0 spiro atoms. The van der Waals surface area contributed by atoms with Gasteiger partial charge in [0.2, 0.25) is 0 Å². The zero-order valence-corrected chi connectivity index (χ0v) is 11.5. The van der Waals surface area contributed by atoms with E-state index in [1.165, 1.54) is 17.2 Å². The van der Waals surface area contributed by atoms with Crippen LogP contribution >= 0.6 is 11.6 Å². The second-order valence-electron chi connectivity index (χ2n) is 5.15. The van der Waals surface area contributed by atoms with Crippen molar-refractivity contribution in [3.63, 3.8) is 0 Å². The molecule has 1 unspecified atom stereocenters. The molecule has 0 aliphatic carbocycles. The number of halogens is 2. The molecule has 0 radical (unpaired) electrons. The van der Waals surface area contributed by atoms with Crippen LogP contribution in [0.1, 0.15) is 22.6 Å². The van der Waals surface area contributed by atoms with E-state index < -0.39 is 0 Å². The van der Waals surface area contributed by atoms with Gasteiger partial charge in [0, 0.05) is 24.0 Å². The van der Waals surface area contributed by atoms with E-state index in [1.54, 1.807) is 6.07 Å². The van der Waals surface area contributed by atoms with Crippen LogP contribution < -0.4 is 0 Å². The van der Waals surface area contributed by atoms with E-state index in [0.717, 1.165) is 18.7 Å². The largest absolute Gasteiger partial charge is 0.301 e. The quantitative estimate of drug-likeness (QED) is 0.759. The van der Waals surface area contributed by atoms with Crippen LogP contribution in [0.4, 0.5) is 4.39 Å². The molecule has 1 aliphatic heterocycles. The number of fused-ring (bicyclic) bond motifs is 1. The van der Waals surface area contributed by atoms with Crippen LogP contribution in [0, 0.1) is 5.82 Å². The summed E-state index contributed by atoms with van der Waals surface area (Å²) in [7, 11) is 2.09. The van der Waals surface area contributed by atoms with Crippen molar-refractivity contribution in [3.8, 4) is 0 Å². The second-order valence-corrected chi connectivity index (χ2v) is 5.59. The summed E-state index contributed by atoms with van der Waals surface area (Å²) in [4.78, 5) is 2.26. The van der Waals surface area contributed by atoms with Crippen molar-refractivity contribution in [3.05, 3.63) is 70.0 Å². The summed E-state index contributed by atoms with van der Waals surface area (Å²) >= 11 is 5.98. The van der Waals surface area contributed by atoms with Crippen LogP contribution in [-0.4, -0.2) is 18.5 Å². The highest BCUT2D eigenvalue weighted by Crippen LogP contribution is 2.34. The van der Waals surface area contributed by atoms with Gasteiger partial charge in [-0.15, -0.1) is 0 Å². The Balaban J connectivity index is 2.09. The highest BCUT2D eigenvalue weighted by Gasteiger charge is 2.24. The van der Waals surface area contributed by atoms with Gasteiger partial charge in [-0.2, -0.15) is 0 Å². The first-order valence-electron chi connectivity index (χ1n) is 6.36. The first-order valence-corrected chi connectivity index (χ1v) is 6.73. The van der Waals surface area contributed by atoms with Gasteiger partial charge in [-0.05, 0) is 41.9 Å². The molecule has 1 atom stereocenters. The molecule has 0 N–H and O–H groups in total. The Bertz CT molecular complexity index is 591. The number of likely N-dealkylation sites (N-methyl/N-ethyl adjacent to an activating group) is 1. The molecule has 98 valence electrons. The maximum Gasteiger partial charge on any atom is 0.124 e. The van der Waals surface area contributed by atoms with Gasteiger partial charge in [0.15, 0.2) is 0 Å². The van der Waals surface area contributed by atoms with E-state index >= 15 is 0 Å². The average Bonchev–Trinajstić information content (AvgIpc) is 2.36. The van der Waals surface area contributed by atoms with Gasteiger partial charge >= 0.3 is 0 Å². The molecule has 1 aliphatic rings. The van der Waals surface area contributed by atoms with Crippen molar-refractivity contribution in [2.45, 2.75) is 12.5 Å². The molecule has 0 saturated carbocycles. The molecule has 19 heavy (non-hydrogen) atoms. The van der Waals surface area contributed by atoms with Crippen LogP contribution in [-0.2, 0) is 6.54 Å². The Morgan fingerprint density at radius 2 is 2.00 bits per heavy atom. The van der Waals surface area contributed by atoms with E-state index in [2.05, 4.69) is 24.1 Å². The van der Waals surface area contributed by atoms with E-state index in [1.807, 2.05) is 18.2 Å². The fourth-order valence-electron chi connectivity index (χ4n) is 2.84. The SMILES string of the molecule is CN1Cc2ccccc2C(c2cc(F)cc(Cl)c2)C1. The Morgan fingerprint density at radius 3 is 2.79 bits per heavy atom. The minimum absolute atomic E-state index is 0.183. The summed E-state index contributed by atoms with van der Waals surface area (Å²) < 4.78 is 13.6. The maximum absolute atomic E-state index is 13.6. The van der Waals surface area contributed by atoms with Crippen molar-refractivity contribution in [1.82, 2.24) is 4.90 Å². The smallest absolute Gasteiger partial charge is 0.124 e. The molecule has 1 heterocycles. The lowest BCUT2D eigenvalue weighted by atomic mass is 9.85. The zero-order valence-electron chi connectivity index (χ0n) is 10.7. The van der Waals surface area contributed by atoms with Gasteiger partial charge < -0.3 is 4.90 Å². The monoisotopic (exact) mass is 275 g/mol. The summed E-state index contributed by atoms with van der Waals surface area (Å²) in [6.45, 7) is 1.83. The van der Waals surface area contributed by atoms with Crippen molar-refractivity contribution in [2.24, 2.45) is 0 Å². The molecule has 0 amide bonds. The summed E-state index contributed by atoms with van der Waals surface area (Å²) in [5.41, 5.74) is 3.54. The topological polar surface area (TPSA) is 3.24 Å². The maximum atomic E-state index is 13.6. The minimum Gasteiger partial charge on any atom is -0.301 e. The highest BCUT2D eigenvalue weighted by atomic mass is 35.5. The third kappa shape index (κ3) is 2.51. The fraction of sp³-hybridized carbons (Fsp3) is 0.250. The van der Waals surface area contributed by atoms with Gasteiger partial charge in [0.25, 0.3) is 0 Å². The van der Waals surface area contributed by atoms with Crippen LogP contribution in [0.3, 0.4) is 0 Å². The van der Waals surface area contributed by atoms with Crippen LogP contribution in [0.2, 0.25) is 5.02 Å². The first kappa shape index (κ1) is 12.6. The summed E-state index contributed by atoms with van der Waals surface area (Å²) in [5, 5.41) is 0.459. The van der Waals surface area contributed by atoms with Crippen LogP contribution in [0.15, 0.2) is 42.5 Å². The molecule has 0 saturated heterocycles. The Morgan fingerprint density at radius 1 is 1.21 bits per heavy atom. The Hall–Kier alpha value is -1.38. The van der Waals surface area contributed by atoms with Crippen molar-refractivity contribution >= 4 is 11.6 Å². The molecule has 2 aromatic rings. The summed E-state index contributed by atoms with van der Waals surface area (Å²) in [6.07, 6.45) is 0. The molecule has 0 bridgehead atoms. The zero-order chi connectivity index (χ0) is 13.4. The Labute approximate surface area is 117 Å². The van der Waals surface area contributed by atoms with Gasteiger partial charge in [-0.1, -0.05) is 35.9 Å². The molecule has 3 rings (SSSR count). The standard InChI is InChI=1S/C16H15ClFN/c1-19-9-11-4-2-3-5-15(11)16(10-19)12-6-13(17)8-14(18)7-12/h2-8,16H,9-10H2,1H3. The number of hydrogen-bond acceptors (Lipinski definition) is 1. The number of nitrogens with zero attached hydrogens (tertiary/aromatic N) is 1. The molecular formula is C16H15ClFN. The van der Waals surface area contributed by atoms with Crippen molar-refractivity contribution < 1.29 is 4.39 Å².